The largest absolute Gasteiger partial charge is 0.481 e. The van der Waals surface area contributed by atoms with E-state index in [0.29, 0.717) is 12.3 Å². The van der Waals surface area contributed by atoms with E-state index in [0.717, 1.165) is 11.6 Å². The summed E-state index contributed by atoms with van der Waals surface area (Å²) >= 11 is 0. The van der Waals surface area contributed by atoms with Crippen LogP contribution in [0.2, 0.25) is 0 Å². The zero-order valence-electron chi connectivity index (χ0n) is 12.6. The molecule has 1 aromatic heterocycles. The van der Waals surface area contributed by atoms with Gasteiger partial charge in [-0.15, -0.1) is 0 Å². The van der Waals surface area contributed by atoms with Crippen molar-refractivity contribution in [3.8, 4) is 5.88 Å². The van der Waals surface area contributed by atoms with Gasteiger partial charge < -0.3 is 10.1 Å². The summed E-state index contributed by atoms with van der Waals surface area (Å²) in [5.74, 6) is -2.05. The Kier molecular flexibility index (Phi) is 4.23. The van der Waals surface area contributed by atoms with Crippen LogP contribution in [0.5, 0.6) is 5.88 Å². The van der Waals surface area contributed by atoms with E-state index in [-0.39, 0.29) is 29.9 Å². The van der Waals surface area contributed by atoms with Crippen molar-refractivity contribution in [2.24, 2.45) is 5.92 Å². The van der Waals surface area contributed by atoms with E-state index >= 15 is 0 Å². The maximum absolute atomic E-state index is 13.7. The predicted octanol–water partition coefficient (Wildman–Crippen LogP) is 2.79. The lowest BCUT2D eigenvalue weighted by Crippen LogP contribution is -2.25. The number of hydrogen-bond donors (Lipinski definition) is 1. The monoisotopic (exact) mass is 318 g/mol. The fourth-order valence-corrected chi connectivity index (χ4v) is 2.69. The molecule has 1 heterocycles. The quantitative estimate of drug-likeness (QED) is 0.922. The number of halogens is 2. The molecule has 1 saturated carbocycles. The van der Waals surface area contributed by atoms with Crippen LogP contribution < -0.4 is 10.1 Å². The maximum Gasteiger partial charge on any atom is 0.224 e. The number of benzene rings is 1. The molecule has 2 aromatic rings. The first kappa shape index (κ1) is 15.4. The Bertz CT molecular complexity index is 736. The predicted molar refractivity (Wildman–Crippen MR) is 79.8 cm³/mol. The van der Waals surface area contributed by atoms with Crippen molar-refractivity contribution in [3.05, 3.63) is 59.3 Å². The first-order valence-corrected chi connectivity index (χ1v) is 7.31. The summed E-state index contributed by atoms with van der Waals surface area (Å²) in [5, 5.41) is 2.79. The summed E-state index contributed by atoms with van der Waals surface area (Å²) in [7, 11) is 1.51. The Morgan fingerprint density at radius 2 is 2.17 bits per heavy atom. The van der Waals surface area contributed by atoms with Gasteiger partial charge in [0.2, 0.25) is 11.8 Å². The van der Waals surface area contributed by atoms with Crippen LogP contribution in [-0.4, -0.2) is 18.0 Å². The van der Waals surface area contributed by atoms with E-state index in [9.17, 15) is 13.6 Å². The standard InChI is InChI=1S/C17H16F2N2O2/c1-23-17-10(4-3-7-20-17)9-21-16(22)13-8-12(13)11-5-2-6-14(18)15(11)19/h2-7,12-13H,8-9H2,1H3,(H,21,22)/t12-,13+/m1/s1. The van der Waals surface area contributed by atoms with E-state index in [1.54, 1.807) is 12.3 Å². The number of nitrogens with zero attached hydrogens (tertiary/aromatic N) is 1. The zero-order chi connectivity index (χ0) is 16.4. The number of methoxy groups -OCH3 is 1. The third kappa shape index (κ3) is 3.16. The van der Waals surface area contributed by atoms with Crippen molar-refractivity contribution >= 4 is 5.91 Å². The first-order valence-electron chi connectivity index (χ1n) is 7.31. The fourth-order valence-electron chi connectivity index (χ4n) is 2.69. The van der Waals surface area contributed by atoms with Crippen LogP contribution in [0.15, 0.2) is 36.5 Å². The average molecular weight is 318 g/mol. The van der Waals surface area contributed by atoms with Gasteiger partial charge in [0, 0.05) is 24.2 Å². The smallest absolute Gasteiger partial charge is 0.224 e. The second-order valence-electron chi connectivity index (χ2n) is 5.48. The molecule has 0 saturated heterocycles. The molecule has 23 heavy (non-hydrogen) atoms. The van der Waals surface area contributed by atoms with E-state index in [4.69, 9.17) is 4.74 Å². The van der Waals surface area contributed by atoms with Crippen LogP contribution >= 0.6 is 0 Å². The number of nitrogens with one attached hydrogen (secondary N) is 1. The maximum atomic E-state index is 13.7. The molecule has 3 rings (SSSR count). The summed E-state index contributed by atoms with van der Waals surface area (Å²) in [6, 6.07) is 7.63. The number of pyridine rings is 1. The summed E-state index contributed by atoms with van der Waals surface area (Å²) in [4.78, 5) is 16.2. The van der Waals surface area contributed by atoms with Gasteiger partial charge in [-0.05, 0) is 30.0 Å². The van der Waals surface area contributed by atoms with Gasteiger partial charge in [0.05, 0.1) is 7.11 Å². The molecule has 1 N–H and O–H groups in total. The molecular formula is C17H16F2N2O2. The van der Waals surface area contributed by atoms with Gasteiger partial charge in [0.25, 0.3) is 0 Å². The fraction of sp³-hybridized carbons (Fsp3) is 0.294. The Morgan fingerprint density at radius 3 is 2.96 bits per heavy atom. The van der Waals surface area contributed by atoms with Gasteiger partial charge in [-0.3, -0.25) is 4.79 Å². The van der Waals surface area contributed by atoms with E-state index < -0.39 is 11.6 Å². The van der Waals surface area contributed by atoms with Crippen LogP contribution in [0.25, 0.3) is 0 Å². The Balaban J connectivity index is 1.62. The van der Waals surface area contributed by atoms with Crippen LogP contribution in [0.4, 0.5) is 8.78 Å². The Morgan fingerprint density at radius 1 is 1.35 bits per heavy atom. The van der Waals surface area contributed by atoms with Crippen molar-refractivity contribution in [2.45, 2.75) is 18.9 Å². The minimum absolute atomic E-state index is 0.176. The lowest BCUT2D eigenvalue weighted by Gasteiger charge is -2.08. The molecule has 1 fully saturated rings. The van der Waals surface area contributed by atoms with Gasteiger partial charge in [-0.25, -0.2) is 13.8 Å². The SMILES string of the molecule is COc1ncccc1CNC(=O)[C@H]1C[C@@H]1c1cccc(F)c1F. The van der Waals surface area contributed by atoms with Crippen molar-refractivity contribution in [1.29, 1.82) is 0 Å². The average Bonchev–Trinajstić information content (AvgIpc) is 3.36. The van der Waals surface area contributed by atoms with E-state index in [1.807, 2.05) is 6.07 Å². The van der Waals surface area contributed by atoms with Gasteiger partial charge in [0.15, 0.2) is 11.6 Å². The molecule has 1 aromatic carbocycles. The Hall–Kier alpha value is -2.50. The summed E-state index contributed by atoms with van der Waals surface area (Å²) in [6.07, 6.45) is 2.13. The van der Waals surface area contributed by atoms with Gasteiger partial charge in [-0.1, -0.05) is 18.2 Å². The normalized spacial score (nSPS) is 19.3. The van der Waals surface area contributed by atoms with Gasteiger partial charge >= 0.3 is 0 Å². The summed E-state index contributed by atoms with van der Waals surface area (Å²) in [6.45, 7) is 0.282. The minimum Gasteiger partial charge on any atom is -0.481 e. The summed E-state index contributed by atoms with van der Waals surface area (Å²) in [5.41, 5.74) is 1.03. The van der Waals surface area contributed by atoms with Crippen molar-refractivity contribution in [1.82, 2.24) is 10.3 Å². The lowest BCUT2D eigenvalue weighted by molar-refractivity contribution is -0.122. The molecule has 0 bridgehead atoms. The molecule has 1 amide bonds. The summed E-state index contributed by atoms with van der Waals surface area (Å²) < 4.78 is 32.1. The molecule has 1 aliphatic rings. The highest BCUT2D eigenvalue weighted by atomic mass is 19.2. The molecule has 0 unspecified atom stereocenters. The number of amides is 1. The van der Waals surface area contributed by atoms with Crippen molar-refractivity contribution < 1.29 is 18.3 Å². The van der Waals surface area contributed by atoms with E-state index in [2.05, 4.69) is 10.3 Å². The lowest BCUT2D eigenvalue weighted by atomic mass is 10.1. The number of rotatable bonds is 5. The molecular weight excluding hydrogens is 302 g/mol. The second-order valence-corrected chi connectivity index (χ2v) is 5.48. The van der Waals surface area contributed by atoms with Crippen molar-refractivity contribution in [2.75, 3.05) is 7.11 Å². The molecule has 120 valence electrons. The van der Waals surface area contributed by atoms with Crippen LogP contribution in [0.3, 0.4) is 0 Å². The molecule has 6 heteroatoms. The van der Waals surface area contributed by atoms with E-state index in [1.165, 1.54) is 19.2 Å². The number of carbonyl (C=O) groups excluding carboxylic acids is 1. The molecule has 0 spiro atoms. The van der Waals surface area contributed by atoms with Crippen molar-refractivity contribution in [3.63, 3.8) is 0 Å². The molecule has 2 atom stereocenters. The van der Waals surface area contributed by atoms with Crippen LogP contribution in [0, 0.1) is 17.6 Å². The highest BCUT2D eigenvalue weighted by Gasteiger charge is 2.45. The van der Waals surface area contributed by atoms with Crippen LogP contribution in [-0.2, 0) is 11.3 Å². The second kappa shape index (κ2) is 6.32. The van der Waals surface area contributed by atoms with Gasteiger partial charge in [0.1, 0.15) is 0 Å². The number of hydrogen-bond acceptors (Lipinski definition) is 3. The number of ether oxygens (including phenoxy) is 1. The highest BCUT2D eigenvalue weighted by Crippen LogP contribution is 2.48. The number of carbonyl (C=O) groups is 1. The zero-order valence-corrected chi connectivity index (χ0v) is 12.6. The molecule has 0 aliphatic heterocycles. The van der Waals surface area contributed by atoms with Crippen LogP contribution in [0.1, 0.15) is 23.5 Å². The van der Waals surface area contributed by atoms with Gasteiger partial charge in [-0.2, -0.15) is 0 Å². The molecule has 0 radical (unpaired) electrons. The first-order chi connectivity index (χ1) is 11.1. The third-order valence-electron chi connectivity index (χ3n) is 4.00. The third-order valence-corrected chi connectivity index (χ3v) is 4.00. The topological polar surface area (TPSA) is 51.2 Å². The highest BCUT2D eigenvalue weighted by molar-refractivity contribution is 5.82. The Labute approximate surface area is 132 Å². The minimum atomic E-state index is -0.881. The molecule has 1 aliphatic carbocycles. The molecule has 4 nitrogen and oxygen atoms in total. The number of aromatic nitrogens is 1.